The van der Waals surface area contributed by atoms with Gasteiger partial charge in [-0.05, 0) is 55.0 Å². The molecule has 0 radical (unpaired) electrons. The van der Waals surface area contributed by atoms with Crippen LogP contribution in [-0.4, -0.2) is 65.9 Å². The summed E-state index contributed by atoms with van der Waals surface area (Å²) in [4.78, 5) is 55.9. The topological polar surface area (TPSA) is 111 Å². The molecule has 6 rings (SSSR count). The van der Waals surface area contributed by atoms with E-state index in [9.17, 15) is 37.5 Å². The molecular weight excluding hydrogens is 728 g/mol. The zero-order valence-corrected chi connectivity index (χ0v) is 27.3. The first-order chi connectivity index (χ1) is 21.0. The summed E-state index contributed by atoms with van der Waals surface area (Å²) in [6.45, 7) is 1.64. The van der Waals surface area contributed by atoms with Crippen molar-refractivity contribution in [3.8, 4) is 5.75 Å². The molecule has 1 N–H and O–H groups in total. The number of benzene rings is 1. The lowest BCUT2D eigenvalue weighted by Gasteiger charge is -2.50. The highest BCUT2D eigenvalue weighted by Crippen LogP contribution is 2.65. The van der Waals surface area contributed by atoms with E-state index in [0.29, 0.717) is 22.8 Å². The number of hydrogen-bond acceptors (Lipinski definition) is 7. The predicted molar refractivity (Wildman–Crippen MR) is 161 cm³/mol. The molecule has 2 aromatic rings. The van der Waals surface area contributed by atoms with Crippen molar-refractivity contribution in [3.63, 3.8) is 0 Å². The third kappa shape index (κ3) is 4.36. The number of phenols is 1. The van der Waals surface area contributed by atoms with Gasteiger partial charge in [-0.2, -0.15) is 18.2 Å². The Kier molecular flexibility index (Phi) is 7.54. The van der Waals surface area contributed by atoms with Crippen molar-refractivity contribution in [2.45, 2.75) is 41.6 Å². The molecule has 238 valence electrons. The second-order valence-electron chi connectivity index (χ2n) is 11.5. The van der Waals surface area contributed by atoms with Gasteiger partial charge in [0.05, 0.1) is 22.3 Å². The number of hydrazine groups is 1. The van der Waals surface area contributed by atoms with E-state index in [1.807, 2.05) is 0 Å². The molecule has 2 aliphatic carbocycles. The summed E-state index contributed by atoms with van der Waals surface area (Å²) in [6.07, 6.45) is -3.33. The summed E-state index contributed by atoms with van der Waals surface area (Å²) in [5.41, 5.74) is -0.0134. The number of imide groups is 2. The van der Waals surface area contributed by atoms with Crippen LogP contribution in [0.4, 0.5) is 19.0 Å². The van der Waals surface area contributed by atoms with Gasteiger partial charge in [-0.25, -0.2) is 4.98 Å². The number of nitrogens with zero attached hydrogens (tertiary/aromatic N) is 4. The summed E-state index contributed by atoms with van der Waals surface area (Å²) >= 11 is 23.7. The molecule has 45 heavy (non-hydrogen) atoms. The van der Waals surface area contributed by atoms with Crippen LogP contribution in [0.25, 0.3) is 0 Å². The number of amides is 4. The Labute approximate surface area is 278 Å². The maximum absolute atomic E-state index is 14.2. The van der Waals surface area contributed by atoms with E-state index in [1.54, 1.807) is 25.1 Å². The first kappa shape index (κ1) is 32.1. The molecule has 1 aromatic heterocycles. The minimum Gasteiger partial charge on any atom is -0.508 e. The van der Waals surface area contributed by atoms with Crippen LogP contribution in [0.1, 0.15) is 35.6 Å². The monoisotopic (exact) mass is 748 g/mol. The third-order valence-electron chi connectivity index (χ3n) is 9.27. The van der Waals surface area contributed by atoms with Crippen LogP contribution in [0.15, 0.2) is 42.0 Å². The standard InChI is InChI=1S/C29H23BrCl3F3N4O5/c1-12-9-13(3-7-18(12)41)21-14-4-5-15-20(16(14)10-27(32)25(44)39(11-30)26(45)28(21,27)33)24(43)40(23(15)42)38(2)22-17(31)6-8-19(37-22)29(34,35)36/h3-4,6-9,15-16,20-21,41H,5,10-11H2,1-2H3. The summed E-state index contributed by atoms with van der Waals surface area (Å²) in [5.74, 6) is -7.38. The molecule has 9 nitrogen and oxygen atoms in total. The number of aromatic nitrogens is 1. The lowest BCUT2D eigenvalue weighted by molar-refractivity contribution is -0.142. The van der Waals surface area contributed by atoms with Crippen LogP contribution in [0, 0.1) is 24.7 Å². The quantitative estimate of drug-likeness (QED) is 0.190. The molecular formula is C29H23BrCl3F3N4O5. The number of allylic oxidation sites excluding steroid dienone is 2. The largest absolute Gasteiger partial charge is 0.508 e. The van der Waals surface area contributed by atoms with Crippen molar-refractivity contribution < 1.29 is 37.5 Å². The van der Waals surface area contributed by atoms with Crippen molar-refractivity contribution in [1.29, 1.82) is 0 Å². The zero-order valence-electron chi connectivity index (χ0n) is 23.4. The Hall–Kier alpha value is -2.87. The van der Waals surface area contributed by atoms with Gasteiger partial charge in [0.1, 0.15) is 11.4 Å². The molecule has 6 atom stereocenters. The van der Waals surface area contributed by atoms with Crippen LogP contribution >= 0.6 is 50.7 Å². The molecule has 1 saturated carbocycles. The Morgan fingerprint density at radius 2 is 1.78 bits per heavy atom. The lowest BCUT2D eigenvalue weighted by atomic mass is 9.56. The van der Waals surface area contributed by atoms with Gasteiger partial charge >= 0.3 is 6.18 Å². The fraction of sp³-hybridized carbons (Fsp3) is 0.414. The van der Waals surface area contributed by atoms with Crippen LogP contribution in [0.5, 0.6) is 5.75 Å². The van der Waals surface area contributed by atoms with Crippen LogP contribution in [0.2, 0.25) is 5.02 Å². The average Bonchev–Trinajstić information content (AvgIpc) is 3.31. The van der Waals surface area contributed by atoms with Gasteiger partial charge in [-0.1, -0.05) is 51.3 Å². The minimum atomic E-state index is -4.81. The smallest absolute Gasteiger partial charge is 0.433 e. The molecule has 4 amide bonds. The second-order valence-corrected chi connectivity index (χ2v) is 13.7. The van der Waals surface area contributed by atoms with Gasteiger partial charge in [0.25, 0.3) is 23.6 Å². The number of halogens is 7. The number of hydrogen-bond donors (Lipinski definition) is 1. The fourth-order valence-electron chi connectivity index (χ4n) is 7.18. The SMILES string of the molecule is Cc1cc(C2C3=CCC4C(=O)N(N(C)c5nc(C(F)(F)F)ccc5Cl)C(=O)C4C3CC3(Cl)C(=O)N(CBr)C(=O)C23Cl)ccc1O. The van der Waals surface area contributed by atoms with Crippen molar-refractivity contribution in [3.05, 3.63) is 63.8 Å². The van der Waals surface area contributed by atoms with E-state index in [4.69, 9.17) is 34.8 Å². The first-order valence-corrected chi connectivity index (χ1v) is 15.9. The Morgan fingerprint density at radius 1 is 1.09 bits per heavy atom. The van der Waals surface area contributed by atoms with Crippen molar-refractivity contribution in [2.24, 2.45) is 17.8 Å². The Balaban J connectivity index is 1.46. The van der Waals surface area contributed by atoms with Gasteiger partial charge in [-0.3, -0.25) is 29.1 Å². The molecule has 0 bridgehead atoms. The molecule has 0 spiro atoms. The maximum atomic E-state index is 14.2. The number of rotatable bonds is 4. The number of phenolic OH excluding ortho intramolecular Hbond substituents is 1. The number of fused-ring (bicyclic) bond motifs is 4. The summed E-state index contributed by atoms with van der Waals surface area (Å²) < 4.78 is 40.4. The number of likely N-dealkylation sites (tertiary alicyclic amines) is 1. The van der Waals surface area contributed by atoms with E-state index >= 15 is 0 Å². The zero-order chi connectivity index (χ0) is 33.0. The molecule has 1 aromatic carbocycles. The minimum absolute atomic E-state index is 0.0161. The van der Waals surface area contributed by atoms with E-state index in [2.05, 4.69) is 20.9 Å². The number of anilines is 1. The maximum Gasteiger partial charge on any atom is 0.433 e. The molecule has 4 aliphatic rings. The highest BCUT2D eigenvalue weighted by atomic mass is 79.9. The van der Waals surface area contributed by atoms with Crippen LogP contribution in [-0.2, 0) is 25.4 Å². The van der Waals surface area contributed by atoms with E-state index in [-0.39, 0.29) is 29.1 Å². The van der Waals surface area contributed by atoms with E-state index < -0.39 is 74.7 Å². The van der Waals surface area contributed by atoms with Crippen LogP contribution in [0.3, 0.4) is 0 Å². The normalized spacial score (nSPS) is 31.2. The molecule has 3 heterocycles. The van der Waals surface area contributed by atoms with Gasteiger partial charge in [0, 0.05) is 13.0 Å². The van der Waals surface area contributed by atoms with Crippen LogP contribution < -0.4 is 5.01 Å². The fourth-order valence-corrected chi connectivity index (χ4v) is 8.83. The first-order valence-electron chi connectivity index (χ1n) is 13.6. The lowest BCUT2D eigenvalue weighted by Crippen LogP contribution is -2.60. The van der Waals surface area contributed by atoms with E-state index in [1.165, 1.54) is 13.1 Å². The highest BCUT2D eigenvalue weighted by Gasteiger charge is 2.76. The number of aryl methyl sites for hydroxylation is 1. The van der Waals surface area contributed by atoms with Gasteiger partial charge in [0.2, 0.25) is 0 Å². The van der Waals surface area contributed by atoms with Gasteiger partial charge < -0.3 is 5.11 Å². The average molecular weight is 751 g/mol. The predicted octanol–water partition coefficient (Wildman–Crippen LogP) is 5.53. The number of pyridine rings is 1. The van der Waals surface area contributed by atoms with Crippen molar-refractivity contribution >= 4 is 80.2 Å². The van der Waals surface area contributed by atoms with Gasteiger partial charge in [-0.15, -0.1) is 23.2 Å². The molecule has 2 saturated heterocycles. The second kappa shape index (κ2) is 10.6. The molecule has 6 unspecified atom stereocenters. The van der Waals surface area contributed by atoms with E-state index in [0.717, 1.165) is 21.0 Å². The number of aromatic hydroxyl groups is 1. The number of carbonyl (C=O) groups is 4. The summed E-state index contributed by atoms with van der Waals surface area (Å²) in [5, 5.41) is 11.6. The van der Waals surface area contributed by atoms with Gasteiger partial charge in [0.15, 0.2) is 15.6 Å². The third-order valence-corrected chi connectivity index (χ3v) is 11.5. The Bertz CT molecular complexity index is 1730. The number of alkyl halides is 6. The van der Waals surface area contributed by atoms with Crippen molar-refractivity contribution in [1.82, 2.24) is 14.9 Å². The summed E-state index contributed by atoms with van der Waals surface area (Å²) in [6, 6.07) is 6.26. The number of carbonyl (C=O) groups excluding carboxylic acids is 4. The highest BCUT2D eigenvalue weighted by molar-refractivity contribution is 9.09. The Morgan fingerprint density at radius 3 is 2.40 bits per heavy atom. The van der Waals surface area contributed by atoms with Crippen molar-refractivity contribution in [2.75, 3.05) is 17.5 Å². The molecule has 2 aliphatic heterocycles. The summed E-state index contributed by atoms with van der Waals surface area (Å²) in [7, 11) is 1.21. The molecule has 3 fully saturated rings. The molecule has 16 heteroatoms.